The number of aryl methyl sites for hydroxylation is 1. The van der Waals surface area contributed by atoms with Gasteiger partial charge in [0.25, 0.3) is 0 Å². The Morgan fingerprint density at radius 2 is 2.22 bits per heavy atom. The molecule has 0 amide bonds. The van der Waals surface area contributed by atoms with Crippen molar-refractivity contribution in [3.63, 3.8) is 0 Å². The van der Waals surface area contributed by atoms with Crippen LogP contribution in [0.3, 0.4) is 0 Å². The SMILES string of the molecule is Cc1cc(-c2sc(N)nc2-c2ccco2)ccn1. The minimum Gasteiger partial charge on any atom is -0.463 e. The molecule has 4 nitrogen and oxygen atoms in total. The number of nitrogens with zero attached hydrogens (tertiary/aromatic N) is 2. The lowest BCUT2D eigenvalue weighted by Crippen LogP contribution is -1.84. The minimum atomic E-state index is 0.533. The van der Waals surface area contributed by atoms with E-state index in [9.17, 15) is 0 Å². The molecule has 18 heavy (non-hydrogen) atoms. The van der Waals surface area contributed by atoms with Crippen molar-refractivity contribution in [2.75, 3.05) is 5.73 Å². The van der Waals surface area contributed by atoms with Gasteiger partial charge in [0.05, 0.1) is 11.1 Å². The fourth-order valence-corrected chi connectivity index (χ4v) is 2.63. The second kappa shape index (κ2) is 4.27. The van der Waals surface area contributed by atoms with Gasteiger partial charge in [0.15, 0.2) is 10.9 Å². The molecular weight excluding hydrogens is 246 g/mol. The van der Waals surface area contributed by atoms with E-state index in [4.69, 9.17) is 10.2 Å². The first-order valence-electron chi connectivity index (χ1n) is 5.47. The van der Waals surface area contributed by atoms with Crippen LogP contribution in [0.15, 0.2) is 41.1 Å². The van der Waals surface area contributed by atoms with E-state index in [1.54, 1.807) is 12.5 Å². The second-order valence-corrected chi connectivity index (χ2v) is 4.92. The van der Waals surface area contributed by atoms with Crippen LogP contribution in [0.25, 0.3) is 21.9 Å². The van der Waals surface area contributed by atoms with Gasteiger partial charge in [-0.15, -0.1) is 0 Å². The molecule has 5 heteroatoms. The number of thiazole rings is 1. The highest BCUT2D eigenvalue weighted by molar-refractivity contribution is 7.19. The summed E-state index contributed by atoms with van der Waals surface area (Å²) in [5.41, 5.74) is 8.62. The van der Waals surface area contributed by atoms with Crippen LogP contribution in [0.1, 0.15) is 5.69 Å². The molecule has 2 N–H and O–H groups in total. The van der Waals surface area contributed by atoms with Crippen molar-refractivity contribution in [1.29, 1.82) is 0 Å². The third-order valence-electron chi connectivity index (χ3n) is 2.56. The highest BCUT2D eigenvalue weighted by Crippen LogP contribution is 2.37. The predicted molar refractivity (Wildman–Crippen MR) is 72.2 cm³/mol. The molecule has 3 aromatic rings. The van der Waals surface area contributed by atoms with E-state index >= 15 is 0 Å². The van der Waals surface area contributed by atoms with E-state index in [1.165, 1.54) is 11.3 Å². The molecule has 0 fully saturated rings. The molecule has 3 heterocycles. The van der Waals surface area contributed by atoms with Crippen molar-refractivity contribution < 1.29 is 4.42 Å². The molecule has 0 spiro atoms. The topological polar surface area (TPSA) is 64.9 Å². The Hall–Kier alpha value is -2.14. The zero-order valence-corrected chi connectivity index (χ0v) is 10.6. The van der Waals surface area contributed by atoms with Crippen molar-refractivity contribution in [2.24, 2.45) is 0 Å². The summed E-state index contributed by atoms with van der Waals surface area (Å²) in [7, 11) is 0. The number of rotatable bonds is 2. The van der Waals surface area contributed by atoms with Crippen molar-refractivity contribution in [3.05, 3.63) is 42.4 Å². The molecule has 0 saturated heterocycles. The van der Waals surface area contributed by atoms with Crippen LogP contribution < -0.4 is 5.73 Å². The average molecular weight is 257 g/mol. The summed E-state index contributed by atoms with van der Waals surface area (Å²) in [6, 6.07) is 7.68. The van der Waals surface area contributed by atoms with Gasteiger partial charge in [-0.1, -0.05) is 11.3 Å². The molecule has 0 aliphatic carbocycles. The summed E-state index contributed by atoms with van der Waals surface area (Å²) in [5, 5.41) is 0.533. The fourth-order valence-electron chi connectivity index (χ4n) is 1.80. The molecule has 90 valence electrons. The number of anilines is 1. The average Bonchev–Trinajstić information content (AvgIpc) is 2.97. The summed E-state index contributed by atoms with van der Waals surface area (Å²) < 4.78 is 5.40. The Bertz CT molecular complexity index is 673. The molecule has 0 unspecified atom stereocenters. The first-order valence-corrected chi connectivity index (χ1v) is 6.29. The molecule has 0 aromatic carbocycles. The Morgan fingerprint density at radius 3 is 2.94 bits per heavy atom. The van der Waals surface area contributed by atoms with Gasteiger partial charge in [0.1, 0.15) is 5.69 Å². The number of aromatic nitrogens is 2. The van der Waals surface area contributed by atoms with Crippen LogP contribution >= 0.6 is 11.3 Å². The van der Waals surface area contributed by atoms with Crippen molar-refractivity contribution >= 4 is 16.5 Å². The van der Waals surface area contributed by atoms with Crippen LogP contribution in [0.2, 0.25) is 0 Å². The van der Waals surface area contributed by atoms with Crippen molar-refractivity contribution in [2.45, 2.75) is 6.92 Å². The molecule has 0 aliphatic rings. The number of hydrogen-bond acceptors (Lipinski definition) is 5. The van der Waals surface area contributed by atoms with E-state index in [-0.39, 0.29) is 0 Å². The van der Waals surface area contributed by atoms with Gasteiger partial charge in [-0.05, 0) is 36.8 Å². The maximum atomic E-state index is 5.81. The second-order valence-electron chi connectivity index (χ2n) is 3.89. The van der Waals surface area contributed by atoms with Crippen molar-refractivity contribution in [1.82, 2.24) is 9.97 Å². The molecule has 0 radical (unpaired) electrons. The van der Waals surface area contributed by atoms with E-state index < -0.39 is 0 Å². The maximum Gasteiger partial charge on any atom is 0.181 e. The lowest BCUT2D eigenvalue weighted by Gasteiger charge is -2.00. The van der Waals surface area contributed by atoms with E-state index in [0.717, 1.165) is 27.6 Å². The van der Waals surface area contributed by atoms with Crippen LogP contribution in [0, 0.1) is 6.92 Å². The number of nitrogen functional groups attached to an aromatic ring is 1. The van der Waals surface area contributed by atoms with Gasteiger partial charge in [0.2, 0.25) is 0 Å². The van der Waals surface area contributed by atoms with Gasteiger partial charge >= 0.3 is 0 Å². The summed E-state index contributed by atoms with van der Waals surface area (Å²) in [4.78, 5) is 9.54. The van der Waals surface area contributed by atoms with Crippen LogP contribution in [0.5, 0.6) is 0 Å². The summed E-state index contributed by atoms with van der Waals surface area (Å²) >= 11 is 1.45. The van der Waals surface area contributed by atoms with Gasteiger partial charge in [-0.2, -0.15) is 0 Å². The molecule has 0 saturated carbocycles. The quantitative estimate of drug-likeness (QED) is 0.764. The Kier molecular flexibility index (Phi) is 2.60. The Morgan fingerprint density at radius 1 is 1.33 bits per heavy atom. The summed E-state index contributed by atoms with van der Waals surface area (Å²) in [6.07, 6.45) is 3.42. The predicted octanol–water partition coefficient (Wildman–Crippen LogP) is 3.36. The first kappa shape index (κ1) is 11.0. The van der Waals surface area contributed by atoms with E-state index in [0.29, 0.717) is 5.13 Å². The molecule has 3 rings (SSSR count). The van der Waals surface area contributed by atoms with Gasteiger partial charge in [-0.3, -0.25) is 4.98 Å². The number of pyridine rings is 1. The largest absolute Gasteiger partial charge is 0.463 e. The van der Waals surface area contributed by atoms with Crippen molar-refractivity contribution in [3.8, 4) is 21.9 Å². The zero-order chi connectivity index (χ0) is 12.5. The lowest BCUT2D eigenvalue weighted by atomic mass is 10.1. The highest BCUT2D eigenvalue weighted by Gasteiger charge is 2.15. The molecule has 3 aromatic heterocycles. The molecular formula is C13H11N3OS. The van der Waals surface area contributed by atoms with Crippen LogP contribution in [-0.2, 0) is 0 Å². The lowest BCUT2D eigenvalue weighted by molar-refractivity contribution is 0.581. The standard InChI is InChI=1S/C13H11N3OS/c1-8-7-9(4-5-15-8)12-11(16-13(14)18-12)10-3-2-6-17-10/h2-7H,1H3,(H2,14,16). The zero-order valence-electron chi connectivity index (χ0n) is 9.75. The highest BCUT2D eigenvalue weighted by atomic mass is 32.1. The molecule has 0 aliphatic heterocycles. The maximum absolute atomic E-state index is 5.81. The normalized spacial score (nSPS) is 10.7. The third-order valence-corrected chi connectivity index (χ3v) is 3.49. The van der Waals surface area contributed by atoms with Gasteiger partial charge in [-0.25, -0.2) is 4.98 Å². The fraction of sp³-hybridized carbons (Fsp3) is 0.0769. The molecule has 0 atom stereocenters. The Labute approximate surface area is 108 Å². The number of furan rings is 1. The van der Waals surface area contributed by atoms with Gasteiger partial charge in [0, 0.05) is 11.9 Å². The Balaban J connectivity index is 2.18. The molecule has 0 bridgehead atoms. The minimum absolute atomic E-state index is 0.533. The summed E-state index contributed by atoms with van der Waals surface area (Å²) in [6.45, 7) is 1.96. The third kappa shape index (κ3) is 1.89. The number of nitrogens with two attached hydrogens (primary N) is 1. The monoisotopic (exact) mass is 257 g/mol. The van der Waals surface area contributed by atoms with E-state index in [2.05, 4.69) is 9.97 Å². The van der Waals surface area contributed by atoms with Gasteiger partial charge < -0.3 is 10.2 Å². The summed E-state index contributed by atoms with van der Waals surface area (Å²) in [5.74, 6) is 0.729. The van der Waals surface area contributed by atoms with E-state index in [1.807, 2.05) is 31.2 Å². The van der Waals surface area contributed by atoms with Crippen LogP contribution in [-0.4, -0.2) is 9.97 Å². The smallest absolute Gasteiger partial charge is 0.181 e. The van der Waals surface area contributed by atoms with Crippen LogP contribution in [0.4, 0.5) is 5.13 Å². The number of hydrogen-bond donors (Lipinski definition) is 1. The first-order chi connectivity index (χ1) is 8.74.